The molecular formula is C13H18O2S. The third kappa shape index (κ3) is 2.26. The van der Waals surface area contributed by atoms with Crippen LogP contribution in [0.4, 0.5) is 0 Å². The minimum absolute atomic E-state index is 0.156. The van der Waals surface area contributed by atoms with Crippen molar-refractivity contribution in [3.8, 4) is 0 Å². The largest absolute Gasteiger partial charge is 0.381 e. The van der Waals surface area contributed by atoms with Crippen LogP contribution in [0.25, 0.3) is 0 Å². The first-order valence-electron chi connectivity index (χ1n) is 5.64. The van der Waals surface area contributed by atoms with Crippen LogP contribution in [0.3, 0.4) is 0 Å². The number of methoxy groups -OCH3 is 1. The maximum absolute atomic E-state index is 5.76. The molecule has 0 saturated carbocycles. The fraction of sp³-hybridized carbons (Fsp3) is 0.538. The Morgan fingerprint density at radius 3 is 2.75 bits per heavy atom. The van der Waals surface area contributed by atoms with Gasteiger partial charge < -0.3 is 9.47 Å². The number of ether oxygens (including phenoxy) is 2. The number of rotatable bonds is 3. The Morgan fingerprint density at radius 2 is 2.12 bits per heavy atom. The molecular weight excluding hydrogens is 220 g/mol. The zero-order valence-electron chi connectivity index (χ0n) is 9.61. The summed E-state index contributed by atoms with van der Waals surface area (Å²) in [6.45, 7) is 1.55. The van der Waals surface area contributed by atoms with Crippen LogP contribution in [0.15, 0.2) is 24.3 Å². The van der Waals surface area contributed by atoms with Gasteiger partial charge in [0.1, 0.15) is 0 Å². The van der Waals surface area contributed by atoms with E-state index in [-0.39, 0.29) is 5.60 Å². The van der Waals surface area contributed by atoms with Crippen molar-refractivity contribution in [1.29, 1.82) is 0 Å². The quantitative estimate of drug-likeness (QED) is 0.816. The summed E-state index contributed by atoms with van der Waals surface area (Å²) in [6, 6.07) is 8.51. The molecule has 0 atom stereocenters. The first-order chi connectivity index (χ1) is 7.80. The van der Waals surface area contributed by atoms with Crippen LogP contribution in [-0.4, -0.2) is 20.3 Å². The monoisotopic (exact) mass is 238 g/mol. The van der Waals surface area contributed by atoms with E-state index in [0.717, 1.165) is 31.8 Å². The van der Waals surface area contributed by atoms with Crippen LogP contribution in [-0.2, 0) is 20.8 Å². The summed E-state index contributed by atoms with van der Waals surface area (Å²) in [4.78, 5) is 0. The molecule has 1 aliphatic rings. The smallest absolute Gasteiger partial charge is 0.0971 e. The van der Waals surface area contributed by atoms with Crippen molar-refractivity contribution >= 4 is 12.6 Å². The van der Waals surface area contributed by atoms with Gasteiger partial charge in [0.2, 0.25) is 0 Å². The lowest BCUT2D eigenvalue weighted by Crippen LogP contribution is -2.35. The van der Waals surface area contributed by atoms with Gasteiger partial charge in [-0.15, -0.1) is 0 Å². The van der Waals surface area contributed by atoms with E-state index in [1.165, 1.54) is 11.1 Å². The van der Waals surface area contributed by atoms with Crippen molar-refractivity contribution in [3.63, 3.8) is 0 Å². The van der Waals surface area contributed by atoms with Crippen molar-refractivity contribution < 1.29 is 9.47 Å². The zero-order chi connectivity index (χ0) is 11.4. The molecule has 1 aromatic carbocycles. The van der Waals surface area contributed by atoms with Crippen LogP contribution in [0.2, 0.25) is 0 Å². The second-order valence-electron chi connectivity index (χ2n) is 4.17. The van der Waals surface area contributed by atoms with Gasteiger partial charge in [-0.05, 0) is 11.1 Å². The van der Waals surface area contributed by atoms with E-state index >= 15 is 0 Å². The average molecular weight is 238 g/mol. The molecule has 2 rings (SSSR count). The Hall–Kier alpha value is -0.510. The first kappa shape index (κ1) is 12.0. The molecule has 0 unspecified atom stereocenters. The van der Waals surface area contributed by atoms with Crippen LogP contribution in [0.1, 0.15) is 24.0 Å². The summed E-state index contributed by atoms with van der Waals surface area (Å²) < 4.78 is 11.2. The molecule has 0 aliphatic carbocycles. The predicted molar refractivity (Wildman–Crippen MR) is 67.9 cm³/mol. The maximum Gasteiger partial charge on any atom is 0.0971 e. The highest BCUT2D eigenvalue weighted by atomic mass is 32.1. The van der Waals surface area contributed by atoms with Gasteiger partial charge in [0, 0.05) is 38.9 Å². The molecule has 0 amide bonds. The van der Waals surface area contributed by atoms with Crippen LogP contribution >= 0.6 is 12.6 Å². The third-order valence-corrected chi connectivity index (χ3v) is 3.69. The molecule has 1 aliphatic heterocycles. The van der Waals surface area contributed by atoms with Gasteiger partial charge in [0.15, 0.2) is 0 Å². The molecule has 1 saturated heterocycles. The van der Waals surface area contributed by atoms with E-state index in [0.29, 0.717) is 0 Å². The highest BCUT2D eigenvalue weighted by Crippen LogP contribution is 2.35. The Kier molecular flexibility index (Phi) is 3.90. The van der Waals surface area contributed by atoms with Gasteiger partial charge in [0.25, 0.3) is 0 Å². The summed E-state index contributed by atoms with van der Waals surface area (Å²) >= 11 is 4.31. The molecule has 0 bridgehead atoms. The molecule has 0 spiro atoms. The number of hydrogen-bond donors (Lipinski definition) is 1. The van der Waals surface area contributed by atoms with E-state index in [1.54, 1.807) is 7.11 Å². The first-order valence-corrected chi connectivity index (χ1v) is 6.27. The topological polar surface area (TPSA) is 18.5 Å². The normalized spacial score (nSPS) is 19.6. The molecule has 0 N–H and O–H groups in total. The lowest BCUT2D eigenvalue weighted by Gasteiger charge is -2.36. The van der Waals surface area contributed by atoms with E-state index < -0.39 is 0 Å². The van der Waals surface area contributed by atoms with E-state index in [1.807, 2.05) is 0 Å². The minimum Gasteiger partial charge on any atom is -0.381 e. The fourth-order valence-corrected chi connectivity index (χ4v) is 2.46. The van der Waals surface area contributed by atoms with Gasteiger partial charge in [0.05, 0.1) is 5.60 Å². The molecule has 16 heavy (non-hydrogen) atoms. The molecule has 3 heteroatoms. The Labute approximate surface area is 102 Å². The van der Waals surface area contributed by atoms with Crippen molar-refractivity contribution in [3.05, 3.63) is 35.4 Å². The fourth-order valence-electron chi connectivity index (χ4n) is 2.26. The molecule has 1 fully saturated rings. The van der Waals surface area contributed by atoms with Gasteiger partial charge >= 0.3 is 0 Å². The van der Waals surface area contributed by atoms with Gasteiger partial charge in [-0.3, -0.25) is 0 Å². The Morgan fingerprint density at radius 1 is 1.38 bits per heavy atom. The highest BCUT2D eigenvalue weighted by Gasteiger charge is 2.34. The number of benzene rings is 1. The molecule has 88 valence electrons. The summed E-state index contributed by atoms with van der Waals surface area (Å²) in [5, 5.41) is 0. The predicted octanol–water partition coefficient (Wildman–Crippen LogP) is 2.77. The highest BCUT2D eigenvalue weighted by molar-refractivity contribution is 7.79. The molecule has 2 nitrogen and oxygen atoms in total. The standard InChI is InChI=1S/C13H18O2S/c1-14-13(5-7-15-8-6-13)12-4-2-3-11(9-12)10-16/h2-4,9,16H,5-8,10H2,1H3. The second-order valence-corrected chi connectivity index (χ2v) is 4.49. The van der Waals surface area contributed by atoms with Crippen molar-refractivity contribution in [1.82, 2.24) is 0 Å². The summed E-state index contributed by atoms with van der Waals surface area (Å²) in [5.74, 6) is 0.768. The molecule has 1 heterocycles. The van der Waals surface area contributed by atoms with Gasteiger partial charge in [-0.1, -0.05) is 24.3 Å². The van der Waals surface area contributed by atoms with Crippen LogP contribution in [0.5, 0.6) is 0 Å². The summed E-state index contributed by atoms with van der Waals surface area (Å²) in [6.07, 6.45) is 1.86. The van der Waals surface area contributed by atoms with E-state index in [9.17, 15) is 0 Å². The molecule has 1 aromatic rings. The molecule has 0 radical (unpaired) electrons. The molecule has 0 aromatic heterocycles. The van der Waals surface area contributed by atoms with E-state index in [4.69, 9.17) is 9.47 Å². The second kappa shape index (κ2) is 5.21. The summed E-state index contributed by atoms with van der Waals surface area (Å²) in [7, 11) is 1.79. The SMILES string of the molecule is COC1(c2cccc(CS)c2)CCOCC1. The summed E-state index contributed by atoms with van der Waals surface area (Å²) in [5.41, 5.74) is 2.34. The van der Waals surface area contributed by atoms with Crippen molar-refractivity contribution in [2.24, 2.45) is 0 Å². The zero-order valence-corrected chi connectivity index (χ0v) is 10.5. The maximum atomic E-state index is 5.76. The minimum atomic E-state index is -0.156. The van der Waals surface area contributed by atoms with Crippen molar-refractivity contribution in [2.45, 2.75) is 24.2 Å². The van der Waals surface area contributed by atoms with E-state index in [2.05, 4.69) is 36.9 Å². The Balaban J connectivity index is 2.31. The van der Waals surface area contributed by atoms with Gasteiger partial charge in [-0.2, -0.15) is 12.6 Å². The van der Waals surface area contributed by atoms with Gasteiger partial charge in [-0.25, -0.2) is 0 Å². The number of thiol groups is 1. The van der Waals surface area contributed by atoms with Crippen LogP contribution in [0, 0.1) is 0 Å². The Bertz CT molecular complexity index is 346. The average Bonchev–Trinajstić information content (AvgIpc) is 2.39. The third-order valence-electron chi connectivity index (χ3n) is 3.33. The lowest BCUT2D eigenvalue weighted by atomic mass is 9.85. The lowest BCUT2D eigenvalue weighted by molar-refractivity contribution is -0.0948. The number of hydrogen-bond acceptors (Lipinski definition) is 3. The van der Waals surface area contributed by atoms with Crippen LogP contribution < -0.4 is 0 Å². The van der Waals surface area contributed by atoms with Crippen molar-refractivity contribution in [2.75, 3.05) is 20.3 Å².